The van der Waals surface area contributed by atoms with Crippen LogP contribution in [0.1, 0.15) is 0 Å². The SMILES string of the molecule is ClCCN(CCCl)[P@]1N=CCO1. The van der Waals surface area contributed by atoms with Crippen LogP contribution in [0.4, 0.5) is 0 Å². The highest BCUT2D eigenvalue weighted by Crippen LogP contribution is 2.44. The lowest BCUT2D eigenvalue weighted by atomic mass is 10.6. The van der Waals surface area contributed by atoms with Crippen LogP contribution in [0.5, 0.6) is 0 Å². The lowest BCUT2D eigenvalue weighted by Crippen LogP contribution is -2.22. The molecule has 0 amide bonds. The minimum Gasteiger partial charge on any atom is -0.320 e. The normalized spacial score (nSPS) is 22.4. The Morgan fingerprint density at radius 3 is 2.50 bits per heavy atom. The molecule has 1 heterocycles. The van der Waals surface area contributed by atoms with Crippen LogP contribution >= 0.6 is 31.7 Å². The van der Waals surface area contributed by atoms with Crippen LogP contribution in [0.25, 0.3) is 0 Å². The fourth-order valence-corrected chi connectivity index (χ4v) is 2.84. The smallest absolute Gasteiger partial charge is 0.238 e. The van der Waals surface area contributed by atoms with E-state index in [1.165, 1.54) is 0 Å². The van der Waals surface area contributed by atoms with Gasteiger partial charge in [-0.1, -0.05) is 0 Å². The van der Waals surface area contributed by atoms with Gasteiger partial charge in [-0.25, -0.2) is 9.43 Å². The third kappa shape index (κ3) is 3.15. The fourth-order valence-electron chi connectivity index (χ4n) is 0.869. The molecule has 0 aromatic rings. The molecule has 1 aliphatic heterocycles. The second-order valence-corrected chi connectivity index (χ2v) is 4.49. The molecule has 0 N–H and O–H groups in total. The molecule has 1 atom stereocenters. The first-order valence-corrected chi connectivity index (χ1v) is 5.94. The lowest BCUT2D eigenvalue weighted by molar-refractivity contribution is 0.371. The number of halogens is 2. The van der Waals surface area contributed by atoms with Crippen molar-refractivity contribution >= 4 is 37.9 Å². The summed E-state index contributed by atoms with van der Waals surface area (Å²) in [4.78, 5) is 0. The lowest BCUT2D eigenvalue weighted by Gasteiger charge is -2.22. The molecule has 1 aliphatic rings. The van der Waals surface area contributed by atoms with E-state index in [4.69, 9.17) is 27.7 Å². The highest BCUT2D eigenvalue weighted by atomic mass is 35.5. The summed E-state index contributed by atoms with van der Waals surface area (Å²) >= 11 is 11.3. The molecule has 1 rings (SSSR count). The number of hydrogen-bond donors (Lipinski definition) is 0. The number of nitrogens with zero attached hydrogens (tertiary/aromatic N) is 2. The van der Waals surface area contributed by atoms with Crippen LogP contribution in [0.2, 0.25) is 0 Å². The number of hydrogen-bond acceptors (Lipinski definition) is 3. The van der Waals surface area contributed by atoms with Crippen molar-refractivity contribution in [3.05, 3.63) is 0 Å². The van der Waals surface area contributed by atoms with Crippen molar-refractivity contribution in [2.45, 2.75) is 0 Å². The van der Waals surface area contributed by atoms with Crippen molar-refractivity contribution in [1.29, 1.82) is 0 Å². The molecular weight excluding hydrogens is 218 g/mol. The average molecular weight is 229 g/mol. The van der Waals surface area contributed by atoms with Crippen LogP contribution in [0, 0.1) is 0 Å². The van der Waals surface area contributed by atoms with Gasteiger partial charge in [-0.2, -0.15) is 0 Å². The van der Waals surface area contributed by atoms with Crippen molar-refractivity contribution in [1.82, 2.24) is 4.67 Å². The first-order valence-electron chi connectivity index (χ1n) is 3.70. The third-order valence-corrected chi connectivity index (χ3v) is 3.34. The zero-order chi connectivity index (χ0) is 8.81. The maximum absolute atomic E-state index is 5.63. The minimum absolute atomic E-state index is 0.592. The van der Waals surface area contributed by atoms with Gasteiger partial charge in [-0.05, 0) is 0 Å². The largest absolute Gasteiger partial charge is 0.320 e. The maximum Gasteiger partial charge on any atom is 0.238 e. The van der Waals surface area contributed by atoms with E-state index in [1.807, 2.05) is 0 Å². The first-order chi connectivity index (χ1) is 5.88. The summed E-state index contributed by atoms with van der Waals surface area (Å²) in [5, 5.41) is 0. The Morgan fingerprint density at radius 2 is 2.08 bits per heavy atom. The monoisotopic (exact) mass is 228 g/mol. The summed E-state index contributed by atoms with van der Waals surface area (Å²) in [5.74, 6) is 1.18. The van der Waals surface area contributed by atoms with Gasteiger partial charge in [-0.15, -0.1) is 23.2 Å². The summed E-state index contributed by atoms with van der Waals surface area (Å²) in [6, 6.07) is 0. The molecule has 70 valence electrons. The number of alkyl halides is 2. The Labute approximate surface area is 83.6 Å². The van der Waals surface area contributed by atoms with E-state index < -0.39 is 8.45 Å². The molecule has 0 bridgehead atoms. The van der Waals surface area contributed by atoms with E-state index in [2.05, 4.69) is 9.43 Å². The highest BCUT2D eigenvalue weighted by molar-refractivity contribution is 7.49. The molecule has 0 saturated heterocycles. The fraction of sp³-hybridized carbons (Fsp3) is 0.833. The Balaban J connectivity index is 2.34. The van der Waals surface area contributed by atoms with Gasteiger partial charge in [0, 0.05) is 31.1 Å². The number of rotatable bonds is 5. The van der Waals surface area contributed by atoms with E-state index in [1.54, 1.807) is 6.21 Å². The van der Waals surface area contributed by atoms with Crippen molar-refractivity contribution in [3.8, 4) is 0 Å². The molecule has 0 radical (unpaired) electrons. The Kier molecular flexibility index (Phi) is 5.44. The van der Waals surface area contributed by atoms with Gasteiger partial charge in [-0.3, -0.25) is 0 Å². The maximum atomic E-state index is 5.63. The standard InChI is InChI=1S/C6H11Cl2N2OP/c7-1-4-10(5-2-8)12-9-3-6-11-12/h3H,1-2,4-6H2/t12-/m0/s1. The van der Waals surface area contributed by atoms with Gasteiger partial charge >= 0.3 is 0 Å². The second kappa shape index (κ2) is 6.11. The summed E-state index contributed by atoms with van der Waals surface area (Å²) < 4.78 is 11.7. The zero-order valence-corrected chi connectivity index (χ0v) is 9.02. The molecular formula is C6H11Cl2N2OP. The zero-order valence-electron chi connectivity index (χ0n) is 6.62. The molecule has 3 nitrogen and oxygen atoms in total. The van der Waals surface area contributed by atoms with E-state index in [0.29, 0.717) is 18.4 Å². The molecule has 0 aromatic heterocycles. The molecule has 0 aromatic carbocycles. The predicted molar refractivity (Wildman–Crippen MR) is 54.4 cm³/mol. The predicted octanol–water partition coefficient (Wildman–Crippen LogP) is 2.09. The van der Waals surface area contributed by atoms with E-state index in [0.717, 1.165) is 13.1 Å². The van der Waals surface area contributed by atoms with Gasteiger partial charge in [0.2, 0.25) is 8.45 Å². The second-order valence-electron chi connectivity index (χ2n) is 2.18. The summed E-state index contributed by atoms with van der Waals surface area (Å²) in [6.07, 6.45) is 1.79. The highest BCUT2D eigenvalue weighted by Gasteiger charge is 2.20. The first kappa shape index (κ1) is 10.7. The van der Waals surface area contributed by atoms with Crippen LogP contribution in [0.15, 0.2) is 4.76 Å². The van der Waals surface area contributed by atoms with E-state index >= 15 is 0 Å². The van der Waals surface area contributed by atoms with Crippen molar-refractivity contribution in [2.75, 3.05) is 31.5 Å². The molecule has 0 fully saturated rings. The third-order valence-electron chi connectivity index (χ3n) is 1.37. The Bertz CT molecular complexity index is 152. The van der Waals surface area contributed by atoms with Gasteiger partial charge < -0.3 is 4.52 Å². The molecule has 12 heavy (non-hydrogen) atoms. The topological polar surface area (TPSA) is 24.8 Å². The van der Waals surface area contributed by atoms with Gasteiger partial charge in [0.1, 0.15) is 0 Å². The summed E-state index contributed by atoms with van der Waals surface area (Å²) in [6.45, 7) is 2.20. The van der Waals surface area contributed by atoms with Gasteiger partial charge in [0.25, 0.3) is 0 Å². The summed E-state index contributed by atoms with van der Waals surface area (Å²) in [7, 11) is -0.786. The van der Waals surface area contributed by atoms with Crippen molar-refractivity contribution < 1.29 is 4.52 Å². The Hall–Kier alpha value is 0.600. The van der Waals surface area contributed by atoms with Gasteiger partial charge in [0.15, 0.2) is 0 Å². The minimum atomic E-state index is -0.786. The molecule has 0 spiro atoms. The quantitative estimate of drug-likeness (QED) is 0.532. The average Bonchev–Trinajstić information content (AvgIpc) is 2.56. The molecule has 0 saturated carbocycles. The van der Waals surface area contributed by atoms with Gasteiger partial charge in [0.05, 0.1) is 6.61 Å². The van der Waals surface area contributed by atoms with Crippen LogP contribution in [0.3, 0.4) is 0 Å². The van der Waals surface area contributed by atoms with Crippen molar-refractivity contribution in [3.63, 3.8) is 0 Å². The van der Waals surface area contributed by atoms with E-state index in [9.17, 15) is 0 Å². The van der Waals surface area contributed by atoms with Crippen LogP contribution < -0.4 is 0 Å². The van der Waals surface area contributed by atoms with E-state index in [-0.39, 0.29) is 0 Å². The van der Waals surface area contributed by atoms with Crippen molar-refractivity contribution in [2.24, 2.45) is 4.76 Å². The Morgan fingerprint density at radius 1 is 1.42 bits per heavy atom. The summed E-state index contributed by atoms with van der Waals surface area (Å²) in [5.41, 5.74) is 0. The molecule has 6 heteroatoms. The van der Waals surface area contributed by atoms with Crippen LogP contribution in [-0.2, 0) is 4.52 Å². The molecule has 0 aliphatic carbocycles. The van der Waals surface area contributed by atoms with Crippen LogP contribution in [-0.4, -0.2) is 42.3 Å². The molecule has 0 unspecified atom stereocenters.